The summed E-state index contributed by atoms with van der Waals surface area (Å²) in [6.45, 7) is 10.6. The van der Waals surface area contributed by atoms with E-state index in [0.29, 0.717) is 5.71 Å². The molecular formula is C27H36F2N4S. The van der Waals surface area contributed by atoms with Gasteiger partial charge in [-0.15, -0.1) is 0 Å². The molecule has 0 radical (unpaired) electrons. The Morgan fingerprint density at radius 3 is 2.29 bits per heavy atom. The lowest BCUT2D eigenvalue weighted by Crippen LogP contribution is -2.35. The first-order valence-electron chi connectivity index (χ1n) is 12.3. The molecule has 184 valence electrons. The summed E-state index contributed by atoms with van der Waals surface area (Å²) in [5.41, 5.74) is 3.66. The van der Waals surface area contributed by atoms with Crippen LogP contribution in [0.3, 0.4) is 0 Å². The number of halogens is 2. The van der Waals surface area contributed by atoms with Crippen molar-refractivity contribution in [2.75, 3.05) is 29.7 Å². The number of anilines is 1. The second-order valence-corrected chi connectivity index (χ2v) is 9.65. The third-order valence-corrected chi connectivity index (χ3v) is 7.10. The maximum absolute atomic E-state index is 12.8. The lowest BCUT2D eigenvalue weighted by Gasteiger charge is -2.31. The van der Waals surface area contributed by atoms with Crippen molar-refractivity contribution in [3.8, 4) is 0 Å². The summed E-state index contributed by atoms with van der Waals surface area (Å²) in [5.74, 6) is 1.90. The Hall–Kier alpha value is -2.25. The fourth-order valence-electron chi connectivity index (χ4n) is 3.99. The van der Waals surface area contributed by atoms with Gasteiger partial charge in [0.15, 0.2) is 0 Å². The number of rotatable bonds is 9. The van der Waals surface area contributed by atoms with Crippen LogP contribution in [0, 0.1) is 5.92 Å². The van der Waals surface area contributed by atoms with Crippen LogP contribution in [-0.2, 0) is 6.54 Å². The number of hydrogen-bond donors (Lipinski definition) is 0. The second kappa shape index (κ2) is 13.6. The van der Waals surface area contributed by atoms with Crippen molar-refractivity contribution in [3.63, 3.8) is 0 Å². The van der Waals surface area contributed by atoms with E-state index < -0.39 is 6.43 Å². The Kier molecular flexibility index (Phi) is 10.5. The van der Waals surface area contributed by atoms with Crippen molar-refractivity contribution in [2.24, 2.45) is 16.1 Å². The summed E-state index contributed by atoms with van der Waals surface area (Å²) in [4.78, 5) is 2.57. The van der Waals surface area contributed by atoms with Crippen molar-refractivity contribution >= 4 is 29.1 Å². The predicted molar refractivity (Wildman–Crippen MR) is 142 cm³/mol. The Labute approximate surface area is 207 Å². The molecule has 34 heavy (non-hydrogen) atoms. The van der Waals surface area contributed by atoms with Gasteiger partial charge in [-0.1, -0.05) is 63.2 Å². The molecule has 2 aromatic carbocycles. The van der Waals surface area contributed by atoms with Gasteiger partial charge in [0, 0.05) is 24.4 Å². The minimum atomic E-state index is -2.54. The quantitative estimate of drug-likeness (QED) is 0.361. The lowest BCUT2D eigenvalue weighted by molar-refractivity contribution is 0.203. The number of alkyl halides is 2. The largest absolute Gasteiger partial charge is 0.312 e. The molecule has 2 heterocycles. The van der Waals surface area contributed by atoms with Gasteiger partial charge in [0.05, 0.1) is 12.3 Å². The zero-order valence-corrected chi connectivity index (χ0v) is 21.3. The molecule has 4 nitrogen and oxygen atoms in total. The van der Waals surface area contributed by atoms with Crippen LogP contribution >= 0.6 is 11.9 Å². The van der Waals surface area contributed by atoms with E-state index in [4.69, 9.17) is 0 Å². The Morgan fingerprint density at radius 1 is 1.00 bits per heavy atom. The van der Waals surface area contributed by atoms with Crippen LogP contribution in [0.25, 0.3) is 0 Å². The average Bonchev–Trinajstić information content (AvgIpc) is 3.38. The Balaban J connectivity index is 0.00000158. The number of hydrogen-bond acceptors (Lipinski definition) is 5. The fourth-order valence-corrected chi connectivity index (χ4v) is 5.06. The Morgan fingerprint density at radius 2 is 1.68 bits per heavy atom. The molecule has 0 bridgehead atoms. The van der Waals surface area contributed by atoms with Gasteiger partial charge in [-0.3, -0.25) is 0 Å². The highest BCUT2D eigenvalue weighted by Crippen LogP contribution is 2.26. The van der Waals surface area contributed by atoms with E-state index in [1.165, 1.54) is 37.2 Å². The van der Waals surface area contributed by atoms with Crippen LogP contribution in [0.4, 0.5) is 14.5 Å². The molecule has 1 saturated heterocycles. The maximum atomic E-state index is 12.8. The molecule has 0 aliphatic carbocycles. The van der Waals surface area contributed by atoms with E-state index in [1.54, 1.807) is 0 Å². The summed E-state index contributed by atoms with van der Waals surface area (Å²) in [7, 11) is 0. The molecule has 2 aliphatic rings. The molecule has 0 atom stereocenters. The molecule has 7 heteroatoms. The van der Waals surface area contributed by atoms with Crippen LogP contribution in [0.5, 0.6) is 0 Å². The zero-order chi connectivity index (χ0) is 24.3. The summed E-state index contributed by atoms with van der Waals surface area (Å²) >= 11 is 1.86. The number of piperidine rings is 1. The summed E-state index contributed by atoms with van der Waals surface area (Å²) in [5, 5.41) is 7.56. The van der Waals surface area contributed by atoms with Gasteiger partial charge < -0.3 is 9.21 Å². The fraction of sp³-hybridized carbons (Fsp3) is 0.481. The maximum Gasteiger partial charge on any atom is 0.278 e. The molecule has 2 aliphatic heterocycles. The minimum Gasteiger partial charge on any atom is -0.312 e. The van der Waals surface area contributed by atoms with E-state index in [-0.39, 0.29) is 12.1 Å². The molecule has 1 fully saturated rings. The van der Waals surface area contributed by atoms with Crippen LogP contribution in [0.2, 0.25) is 0 Å². The highest BCUT2D eigenvalue weighted by molar-refractivity contribution is 8.00. The van der Waals surface area contributed by atoms with E-state index in [0.717, 1.165) is 30.3 Å². The van der Waals surface area contributed by atoms with E-state index >= 15 is 0 Å². The smallest absolute Gasteiger partial charge is 0.278 e. The van der Waals surface area contributed by atoms with Crippen LogP contribution in [0.15, 0.2) is 64.8 Å². The summed E-state index contributed by atoms with van der Waals surface area (Å²) in [6, 6.07) is 18.5. The van der Waals surface area contributed by atoms with E-state index in [2.05, 4.69) is 62.7 Å². The van der Waals surface area contributed by atoms with E-state index in [9.17, 15) is 8.78 Å². The van der Waals surface area contributed by atoms with Crippen molar-refractivity contribution in [3.05, 3.63) is 65.7 Å². The van der Waals surface area contributed by atoms with Crippen LogP contribution in [0.1, 0.15) is 51.2 Å². The first-order valence-corrected chi connectivity index (χ1v) is 13.2. The summed E-state index contributed by atoms with van der Waals surface area (Å²) in [6.07, 6.45) is 0.182. The minimum absolute atomic E-state index is 0.123. The standard InChI is InChI=1S/C25H30F2N4S.C2H6/c1-19-11-13-30(14-12-19)15-16-32-31(22-5-3-2-4-6-22)18-20-7-9-21(10-8-20)23-17-24(25(26)27)29-28-23;1-2/h2-10,19,25H,11-18H2,1H3;1-2H3. The normalized spacial score (nSPS) is 16.6. The van der Waals surface area contributed by atoms with Crippen molar-refractivity contribution in [2.45, 2.75) is 53.0 Å². The molecule has 0 amide bonds. The number of benzene rings is 2. The highest BCUT2D eigenvalue weighted by atomic mass is 32.2. The van der Waals surface area contributed by atoms with Crippen molar-refractivity contribution in [1.29, 1.82) is 0 Å². The monoisotopic (exact) mass is 486 g/mol. The first-order chi connectivity index (χ1) is 16.6. The predicted octanol–water partition coefficient (Wildman–Crippen LogP) is 6.91. The van der Waals surface area contributed by atoms with Crippen LogP contribution in [-0.4, -0.2) is 48.1 Å². The summed E-state index contributed by atoms with van der Waals surface area (Å²) < 4.78 is 28.0. The topological polar surface area (TPSA) is 31.2 Å². The Bertz CT molecular complexity index is 923. The van der Waals surface area contributed by atoms with Crippen LogP contribution < -0.4 is 4.31 Å². The molecule has 0 N–H and O–H groups in total. The zero-order valence-electron chi connectivity index (χ0n) is 20.5. The van der Waals surface area contributed by atoms with Crippen molar-refractivity contribution in [1.82, 2.24) is 4.90 Å². The molecule has 0 saturated carbocycles. The SMILES string of the molecule is CC.CC1CCN(CCSN(Cc2ccc(C3=NN=C(C(F)F)C3)cc2)c2ccccc2)CC1. The van der Waals surface area contributed by atoms with Gasteiger partial charge in [0.2, 0.25) is 0 Å². The van der Waals surface area contributed by atoms with Gasteiger partial charge in [-0.2, -0.15) is 10.2 Å². The number of likely N-dealkylation sites (tertiary alicyclic amines) is 1. The van der Waals surface area contributed by atoms with Crippen molar-refractivity contribution < 1.29 is 8.78 Å². The number of nitrogens with zero attached hydrogens (tertiary/aromatic N) is 4. The van der Waals surface area contributed by atoms with E-state index in [1.807, 2.05) is 44.0 Å². The molecule has 4 rings (SSSR count). The third kappa shape index (κ3) is 7.64. The average molecular weight is 487 g/mol. The first kappa shape index (κ1) is 26.4. The lowest BCUT2D eigenvalue weighted by atomic mass is 9.99. The van der Waals surface area contributed by atoms with Gasteiger partial charge in [0.1, 0.15) is 5.71 Å². The molecular weight excluding hydrogens is 450 g/mol. The molecule has 0 unspecified atom stereocenters. The third-order valence-electron chi connectivity index (χ3n) is 6.09. The molecule has 0 aromatic heterocycles. The second-order valence-electron chi connectivity index (χ2n) is 8.54. The van der Waals surface area contributed by atoms with Gasteiger partial charge >= 0.3 is 0 Å². The molecule has 2 aromatic rings. The highest BCUT2D eigenvalue weighted by Gasteiger charge is 2.22. The van der Waals surface area contributed by atoms with Gasteiger partial charge in [0.25, 0.3) is 6.43 Å². The van der Waals surface area contributed by atoms with Gasteiger partial charge in [-0.05, 0) is 67.1 Å². The van der Waals surface area contributed by atoms with Gasteiger partial charge in [-0.25, -0.2) is 8.78 Å². The molecule has 0 spiro atoms. The number of para-hydroxylation sites is 1.